The number of fused-ring (bicyclic) bond motifs is 1. The first kappa shape index (κ1) is 20.7. The number of benzene rings is 3. The first-order valence-corrected chi connectivity index (χ1v) is 9.72. The average molecular weight is 430 g/mol. The number of amides is 1. The summed E-state index contributed by atoms with van der Waals surface area (Å²) in [5.74, 6) is -1.57. The molecule has 1 heterocycles. The summed E-state index contributed by atoms with van der Waals surface area (Å²) in [5.41, 5.74) is 2.12. The van der Waals surface area contributed by atoms with Crippen LogP contribution in [0.2, 0.25) is 0 Å². The Kier molecular flexibility index (Phi) is 5.63. The highest BCUT2D eigenvalue weighted by Gasteiger charge is 2.21. The summed E-state index contributed by atoms with van der Waals surface area (Å²) >= 11 is 0. The maximum Gasteiger partial charge on any atom is 0.305 e. The molecule has 0 aliphatic rings. The number of imidazole rings is 1. The molecule has 4 rings (SSSR count). The second-order valence-electron chi connectivity index (χ2n) is 7.11. The van der Waals surface area contributed by atoms with Gasteiger partial charge in [-0.1, -0.05) is 42.5 Å². The van der Waals surface area contributed by atoms with Crippen molar-refractivity contribution < 1.29 is 19.6 Å². The maximum absolute atomic E-state index is 12.7. The molecule has 9 nitrogen and oxygen atoms in total. The lowest BCUT2D eigenvalue weighted by Crippen LogP contribution is -2.15. The molecule has 0 saturated carbocycles. The lowest BCUT2D eigenvalue weighted by atomic mass is 10.0. The number of aliphatic carboxylic acids is 1. The Bertz CT molecular complexity index is 1320. The topological polar surface area (TPSA) is 127 Å². The van der Waals surface area contributed by atoms with Crippen molar-refractivity contribution in [3.63, 3.8) is 0 Å². The quantitative estimate of drug-likeness (QED) is 0.333. The predicted octanol–water partition coefficient (Wildman–Crippen LogP) is 4.26. The van der Waals surface area contributed by atoms with Crippen LogP contribution in [0.3, 0.4) is 0 Å². The highest BCUT2D eigenvalue weighted by atomic mass is 16.6. The zero-order chi connectivity index (χ0) is 22.7. The Morgan fingerprint density at radius 3 is 2.50 bits per heavy atom. The van der Waals surface area contributed by atoms with Gasteiger partial charge in [-0.3, -0.25) is 19.7 Å². The molecule has 3 aromatic carbocycles. The minimum absolute atomic E-state index is 0.0563. The number of para-hydroxylation sites is 1. The van der Waals surface area contributed by atoms with Gasteiger partial charge in [0.25, 0.3) is 11.6 Å². The van der Waals surface area contributed by atoms with E-state index in [1.165, 1.54) is 18.2 Å². The minimum atomic E-state index is -0.957. The number of rotatable bonds is 7. The summed E-state index contributed by atoms with van der Waals surface area (Å²) in [6.07, 6.45) is 1.42. The molecule has 4 aromatic rings. The fourth-order valence-corrected chi connectivity index (χ4v) is 3.59. The van der Waals surface area contributed by atoms with Gasteiger partial charge in [0.15, 0.2) is 0 Å². The van der Waals surface area contributed by atoms with Gasteiger partial charge in [0.2, 0.25) is 0 Å². The van der Waals surface area contributed by atoms with Gasteiger partial charge >= 0.3 is 5.97 Å². The van der Waals surface area contributed by atoms with Crippen LogP contribution in [0, 0.1) is 10.1 Å². The average Bonchev–Trinajstić information content (AvgIpc) is 3.21. The van der Waals surface area contributed by atoms with Gasteiger partial charge < -0.3 is 15.0 Å². The molecule has 0 saturated heterocycles. The first-order valence-electron chi connectivity index (χ1n) is 9.72. The number of hydrogen-bond acceptors (Lipinski definition) is 5. The molecule has 32 heavy (non-hydrogen) atoms. The fourth-order valence-electron chi connectivity index (χ4n) is 3.59. The number of carbonyl (C=O) groups excluding carboxylic acids is 1. The lowest BCUT2D eigenvalue weighted by Gasteiger charge is -2.18. The Hall–Kier alpha value is -4.53. The van der Waals surface area contributed by atoms with E-state index in [1.54, 1.807) is 35.2 Å². The van der Waals surface area contributed by atoms with E-state index in [2.05, 4.69) is 10.3 Å². The van der Waals surface area contributed by atoms with Crippen LogP contribution in [0.25, 0.3) is 11.0 Å². The van der Waals surface area contributed by atoms with Crippen LogP contribution in [0.1, 0.15) is 28.4 Å². The minimum Gasteiger partial charge on any atom is -0.481 e. The molecule has 0 fully saturated rings. The maximum atomic E-state index is 12.7. The summed E-state index contributed by atoms with van der Waals surface area (Å²) < 4.78 is 1.75. The van der Waals surface area contributed by atoms with Crippen molar-refractivity contribution in [1.29, 1.82) is 0 Å². The number of nitrogens with zero attached hydrogens (tertiary/aromatic N) is 3. The van der Waals surface area contributed by atoms with Crippen molar-refractivity contribution in [3.05, 3.63) is 100 Å². The van der Waals surface area contributed by atoms with Crippen LogP contribution < -0.4 is 5.32 Å². The second-order valence-corrected chi connectivity index (χ2v) is 7.11. The van der Waals surface area contributed by atoms with Gasteiger partial charge in [-0.2, -0.15) is 0 Å². The highest BCUT2D eigenvalue weighted by Crippen LogP contribution is 2.28. The van der Waals surface area contributed by atoms with Crippen LogP contribution in [-0.4, -0.2) is 31.5 Å². The van der Waals surface area contributed by atoms with Gasteiger partial charge in [0, 0.05) is 11.8 Å². The molecule has 0 aliphatic carbocycles. The molecular formula is C23H18N4O5. The molecule has 2 N–H and O–H groups in total. The van der Waals surface area contributed by atoms with Crippen LogP contribution in [0.5, 0.6) is 0 Å². The molecule has 0 radical (unpaired) electrons. The summed E-state index contributed by atoms with van der Waals surface area (Å²) in [4.78, 5) is 39.2. The number of nitro benzene ring substituents is 1. The van der Waals surface area contributed by atoms with Crippen molar-refractivity contribution in [1.82, 2.24) is 9.55 Å². The summed E-state index contributed by atoms with van der Waals surface area (Å²) in [6.45, 7) is 0. The van der Waals surface area contributed by atoms with E-state index in [4.69, 9.17) is 0 Å². The number of carboxylic acid groups (broad SMARTS) is 1. The normalized spacial score (nSPS) is 11.8. The van der Waals surface area contributed by atoms with E-state index >= 15 is 0 Å². The lowest BCUT2D eigenvalue weighted by molar-refractivity contribution is -0.385. The molecular weight excluding hydrogens is 412 g/mol. The van der Waals surface area contributed by atoms with Gasteiger partial charge in [0.05, 0.1) is 34.7 Å². The zero-order valence-corrected chi connectivity index (χ0v) is 16.7. The van der Waals surface area contributed by atoms with Gasteiger partial charge in [-0.05, 0) is 29.8 Å². The van der Waals surface area contributed by atoms with Crippen LogP contribution in [0.15, 0.2) is 79.1 Å². The summed E-state index contributed by atoms with van der Waals surface area (Å²) in [6, 6.07) is 19.4. The van der Waals surface area contributed by atoms with E-state index in [0.29, 0.717) is 16.7 Å². The Labute approximate surface area is 182 Å². The molecule has 1 atom stereocenters. The predicted molar refractivity (Wildman–Crippen MR) is 118 cm³/mol. The Morgan fingerprint density at radius 1 is 1.06 bits per heavy atom. The van der Waals surface area contributed by atoms with Crippen LogP contribution >= 0.6 is 0 Å². The van der Waals surface area contributed by atoms with Crippen molar-refractivity contribution in [2.45, 2.75) is 12.5 Å². The van der Waals surface area contributed by atoms with Crippen LogP contribution in [0.4, 0.5) is 11.4 Å². The first-order chi connectivity index (χ1) is 15.4. The number of carboxylic acids is 1. The number of aromatic nitrogens is 2. The van der Waals surface area contributed by atoms with Crippen molar-refractivity contribution in [2.24, 2.45) is 0 Å². The van der Waals surface area contributed by atoms with Crippen molar-refractivity contribution >= 4 is 34.3 Å². The molecule has 0 aliphatic heterocycles. The second kappa shape index (κ2) is 8.68. The third-order valence-corrected chi connectivity index (χ3v) is 5.07. The summed E-state index contributed by atoms with van der Waals surface area (Å²) in [5, 5.41) is 23.3. The number of hydrogen-bond donors (Lipinski definition) is 2. The Balaban J connectivity index is 1.71. The molecule has 1 amide bonds. The summed E-state index contributed by atoms with van der Waals surface area (Å²) in [7, 11) is 0. The number of nitro groups is 1. The fraction of sp³-hybridized carbons (Fsp3) is 0.0870. The van der Waals surface area contributed by atoms with E-state index in [1.807, 2.05) is 30.3 Å². The third kappa shape index (κ3) is 4.17. The molecule has 9 heteroatoms. The number of carbonyl (C=O) groups is 2. The molecule has 160 valence electrons. The molecule has 1 unspecified atom stereocenters. The number of anilines is 1. The van der Waals surface area contributed by atoms with E-state index in [-0.39, 0.29) is 17.7 Å². The van der Waals surface area contributed by atoms with Gasteiger partial charge in [0.1, 0.15) is 5.56 Å². The molecule has 1 aromatic heterocycles. The number of nitrogens with one attached hydrogen (secondary N) is 1. The zero-order valence-electron chi connectivity index (χ0n) is 16.7. The van der Waals surface area contributed by atoms with Crippen molar-refractivity contribution in [3.8, 4) is 0 Å². The van der Waals surface area contributed by atoms with Gasteiger partial charge in [-0.15, -0.1) is 0 Å². The van der Waals surface area contributed by atoms with Crippen LogP contribution in [-0.2, 0) is 4.79 Å². The smallest absolute Gasteiger partial charge is 0.305 e. The highest BCUT2D eigenvalue weighted by molar-refractivity contribution is 6.07. The Morgan fingerprint density at radius 2 is 1.78 bits per heavy atom. The van der Waals surface area contributed by atoms with E-state index in [0.717, 1.165) is 5.56 Å². The van der Waals surface area contributed by atoms with E-state index < -0.39 is 22.8 Å². The van der Waals surface area contributed by atoms with Gasteiger partial charge in [-0.25, -0.2) is 4.98 Å². The SMILES string of the molecule is O=C(O)CC(c1ccccc1)n1cnc2ccc(NC(=O)c3ccccc3[N+](=O)[O-])cc21. The third-order valence-electron chi connectivity index (χ3n) is 5.07. The molecule has 0 spiro atoms. The monoisotopic (exact) mass is 430 g/mol. The molecule has 0 bridgehead atoms. The van der Waals surface area contributed by atoms with E-state index in [9.17, 15) is 24.8 Å². The standard InChI is InChI=1S/C23H18N4O5/c28-22(29)13-20(15-6-2-1-3-7-15)26-14-24-18-11-10-16(12-21(18)26)25-23(30)17-8-4-5-9-19(17)27(31)32/h1-12,14,20H,13H2,(H,25,30)(H,28,29). The van der Waals surface area contributed by atoms with Crippen molar-refractivity contribution in [2.75, 3.05) is 5.32 Å². The largest absolute Gasteiger partial charge is 0.481 e.